The second kappa shape index (κ2) is 28.6. The number of aliphatic hydroxyl groups excluding tert-OH is 1. The van der Waals surface area contributed by atoms with E-state index in [9.17, 15) is 27.5 Å². The molecule has 4 aromatic rings. The number of benzene rings is 4. The van der Waals surface area contributed by atoms with Gasteiger partial charge in [-0.1, -0.05) is 52.5 Å². The quantitative estimate of drug-likeness (QED) is 0.0736. The third-order valence-electron chi connectivity index (χ3n) is 8.43. The Morgan fingerprint density at radius 1 is 0.719 bits per heavy atom. The summed E-state index contributed by atoms with van der Waals surface area (Å²) in [5, 5.41) is 11.7. The molecule has 309 valence electrons. The van der Waals surface area contributed by atoms with Crippen LogP contribution in [0.15, 0.2) is 106 Å². The molecular weight excluding hydrogens is 944 g/mol. The molecule has 8 nitrogen and oxygen atoms in total. The van der Waals surface area contributed by atoms with Gasteiger partial charge in [0.25, 0.3) is 5.91 Å². The normalized spacial score (nSPS) is 14.0. The minimum Gasteiger partial charge on any atom is -0.399 e. The van der Waals surface area contributed by atoms with E-state index >= 15 is 0 Å². The van der Waals surface area contributed by atoms with Gasteiger partial charge in [-0.15, -0.1) is 0 Å². The minimum absolute atomic E-state index is 0. The molecule has 2 saturated heterocycles. The van der Waals surface area contributed by atoms with Crippen LogP contribution in [0.25, 0.3) is 0 Å². The van der Waals surface area contributed by atoms with Crippen molar-refractivity contribution in [1.29, 1.82) is 0 Å². The van der Waals surface area contributed by atoms with Crippen LogP contribution in [0.1, 0.15) is 21.6 Å². The van der Waals surface area contributed by atoms with Gasteiger partial charge in [0, 0.05) is 128 Å². The molecule has 6 rings (SSSR count). The van der Waals surface area contributed by atoms with Gasteiger partial charge in [-0.05, 0) is 97.1 Å². The number of rotatable bonds is 7. The van der Waals surface area contributed by atoms with E-state index < -0.39 is 31.8 Å². The number of carbonyl (C=O) groups excluding carboxylic acids is 1. The van der Waals surface area contributed by atoms with Crippen LogP contribution >= 0.6 is 31.9 Å². The first-order valence-electron chi connectivity index (χ1n) is 18.5. The number of alkyl halides is 4. The van der Waals surface area contributed by atoms with Gasteiger partial charge in [-0.25, -0.2) is 0 Å². The molecule has 0 aliphatic carbocycles. The average molecular weight is 999 g/mol. The molecule has 4 N–H and O–H groups in total. The number of halogens is 6. The summed E-state index contributed by atoms with van der Waals surface area (Å²) >= 11 is 6.91. The van der Waals surface area contributed by atoms with E-state index in [2.05, 4.69) is 113 Å². The number of nitrogens with one attached hydrogen (secondary N) is 1. The predicted molar refractivity (Wildman–Crippen MR) is 236 cm³/mol. The van der Waals surface area contributed by atoms with E-state index in [0.717, 1.165) is 72.7 Å². The van der Waals surface area contributed by atoms with E-state index in [1.165, 1.54) is 23.9 Å². The minimum atomic E-state index is -4.60. The molecule has 57 heavy (non-hydrogen) atoms. The molecule has 4 aromatic carbocycles. The van der Waals surface area contributed by atoms with Crippen LogP contribution in [0.4, 0.5) is 51.7 Å². The van der Waals surface area contributed by atoms with Gasteiger partial charge >= 0.3 is 6.18 Å². The molecule has 1 unspecified atom stereocenters. The fourth-order valence-corrected chi connectivity index (χ4v) is 6.26. The summed E-state index contributed by atoms with van der Waals surface area (Å²) in [6, 6.07) is 31.7. The van der Waals surface area contributed by atoms with Crippen LogP contribution < -0.4 is 30.7 Å². The second-order valence-electron chi connectivity index (χ2n) is 11.9. The zero-order chi connectivity index (χ0) is 41.7. The maximum atomic E-state index is 12.3. The Balaban J connectivity index is 0.000000980. The fraction of sp³-hybridized carbons (Fsp3) is 0.366. The molecule has 1 amide bonds. The van der Waals surface area contributed by atoms with E-state index in [4.69, 9.17) is 7.10 Å². The number of nitrogen functional groups attached to an aromatic ring is 1. The van der Waals surface area contributed by atoms with Crippen LogP contribution in [0, 0.1) is 7.43 Å². The van der Waals surface area contributed by atoms with Crippen molar-refractivity contribution in [3.8, 4) is 0 Å². The average Bonchev–Trinajstić information content (AvgIpc) is 3.21. The van der Waals surface area contributed by atoms with Crippen molar-refractivity contribution in [2.45, 2.75) is 39.4 Å². The summed E-state index contributed by atoms with van der Waals surface area (Å²) in [5.41, 5.74) is 11.6. The van der Waals surface area contributed by atoms with Gasteiger partial charge in [0.05, 0.1) is 22.8 Å². The Labute approximate surface area is 381 Å². The van der Waals surface area contributed by atoms with Crippen LogP contribution in [0.5, 0.6) is 0 Å². The number of aliphatic hydroxyl groups is 1. The molecular formula is C41H54BBr2F4N6O2Y-. The Kier molecular flexibility index (Phi) is 26.1. The summed E-state index contributed by atoms with van der Waals surface area (Å²) in [4.78, 5) is 21.0. The summed E-state index contributed by atoms with van der Waals surface area (Å²) < 4.78 is 54.5. The summed E-state index contributed by atoms with van der Waals surface area (Å²) in [5.74, 6) is -1.07. The molecule has 2 heterocycles. The van der Waals surface area contributed by atoms with Gasteiger partial charge in [-0.2, -0.15) is 13.2 Å². The molecule has 0 saturated carbocycles. The van der Waals surface area contributed by atoms with Crippen LogP contribution in [0.2, 0.25) is 6.82 Å². The van der Waals surface area contributed by atoms with E-state index in [1.807, 2.05) is 38.1 Å². The van der Waals surface area contributed by atoms with Crippen molar-refractivity contribution < 1.29 is 61.5 Å². The summed E-state index contributed by atoms with van der Waals surface area (Å²) in [6.07, 6.45) is -8.29. The Hall–Kier alpha value is -2.84. The molecule has 0 bridgehead atoms. The largest absolute Gasteiger partial charge is 0.399 e. The number of amides is 1. The van der Waals surface area contributed by atoms with Gasteiger partial charge in [0.1, 0.15) is 6.10 Å². The maximum Gasteiger partial charge on any atom is 0.392 e. The number of carbonyl (C=O) groups is 1. The third-order valence-corrected chi connectivity index (χ3v) is 9.49. The number of nitrogens with two attached hydrogens (primary N) is 1. The molecule has 2 aliphatic rings. The maximum absolute atomic E-state index is 12.3. The van der Waals surface area contributed by atoms with Gasteiger partial charge in [0.2, 0.25) is 0 Å². The molecule has 1 atom stereocenters. The summed E-state index contributed by atoms with van der Waals surface area (Å²) in [7, 11) is 3.50. The number of anilines is 6. The van der Waals surface area contributed by atoms with Crippen molar-refractivity contribution >= 4 is 79.7 Å². The van der Waals surface area contributed by atoms with E-state index in [0.29, 0.717) is 5.69 Å². The van der Waals surface area contributed by atoms with Gasteiger partial charge < -0.3 is 43.2 Å². The zero-order valence-corrected chi connectivity index (χ0v) is 39.0. The Morgan fingerprint density at radius 3 is 1.26 bits per heavy atom. The van der Waals surface area contributed by atoms with Gasteiger partial charge in [0.15, 0.2) is 0 Å². The number of nitrogens with zero attached hydrogens (tertiary/aromatic N) is 4. The number of hydrogen-bond acceptors (Lipinski definition) is 7. The van der Waals surface area contributed by atoms with Crippen molar-refractivity contribution in [3.05, 3.63) is 113 Å². The standard InChI is InChI=1S/C20H21BrF3N3O2.C16H18BrN3.C2H6.CH3B.CH3F.CH3.Y/c21-14-1-5-16(6-2-14)26-9-11-27(12-10-26)17-7-3-15(4-8-17)25-19(29)18(28)13-20(22,23)24;17-13-1-5-15(6-2-13)19-9-11-20(12-10-19)16-7-3-14(18)4-8-16;3*1-2;;/h1-8,18,28H,9-13H2,(H,25,29);1-8H,9-12,18H2;1-2H3;2*1H3;1H3;/q;;;;;-1;/i;;;;1D;;. The first kappa shape index (κ1) is 52.2. The van der Waals surface area contributed by atoms with Crippen molar-refractivity contribution in [1.82, 2.24) is 0 Å². The first-order valence-corrected chi connectivity index (χ1v) is 19.4. The zero-order valence-electron chi connectivity index (χ0n) is 34.0. The SMILES string of the molecule is CC.Nc1ccc(N2CCN(c3ccc(Br)cc3)CC2)cc1.O=C(Nc1ccc(N2CCN(c3ccc(Br)cc3)CC2)cc1)C(O)CC(F)(F)F.[2H]CF.[B]C.[CH3-].[Y]. The topological polar surface area (TPSA) is 88.3 Å². The monoisotopic (exact) mass is 997 g/mol. The Bertz CT molecular complexity index is 1620. The predicted octanol–water partition coefficient (Wildman–Crippen LogP) is 9.65. The third kappa shape index (κ3) is 18.7. The van der Waals surface area contributed by atoms with Crippen molar-refractivity contribution in [3.63, 3.8) is 0 Å². The molecule has 2 fully saturated rings. The number of piperazine rings is 2. The molecule has 16 heteroatoms. The first-order chi connectivity index (χ1) is 26.8. The Morgan fingerprint density at radius 2 is 0.982 bits per heavy atom. The smallest absolute Gasteiger partial charge is 0.392 e. The molecule has 0 aromatic heterocycles. The van der Waals surface area contributed by atoms with E-state index in [-0.39, 0.29) is 40.1 Å². The van der Waals surface area contributed by atoms with Crippen molar-refractivity contribution in [2.75, 3.05) is 90.2 Å². The fourth-order valence-electron chi connectivity index (χ4n) is 5.73. The van der Waals surface area contributed by atoms with Crippen molar-refractivity contribution in [2.24, 2.45) is 0 Å². The van der Waals surface area contributed by atoms with Crippen LogP contribution in [0.3, 0.4) is 0 Å². The summed E-state index contributed by atoms with van der Waals surface area (Å²) in [6.45, 7) is 13.1. The van der Waals surface area contributed by atoms with Crippen LogP contribution in [-0.4, -0.2) is 90.7 Å². The number of hydrogen-bond donors (Lipinski definition) is 3. The second-order valence-corrected chi connectivity index (χ2v) is 13.7. The molecule has 3 radical (unpaired) electrons. The van der Waals surface area contributed by atoms with Gasteiger partial charge in [-0.3, -0.25) is 9.18 Å². The molecule has 2 aliphatic heterocycles. The molecule has 0 spiro atoms. The van der Waals surface area contributed by atoms with E-state index in [1.54, 1.807) is 24.3 Å². The van der Waals surface area contributed by atoms with Crippen LogP contribution in [-0.2, 0) is 37.5 Å².